The first-order valence-corrected chi connectivity index (χ1v) is 19.9. The Hall–Kier alpha value is -6.03. The van der Waals surface area contributed by atoms with E-state index < -0.39 is 29.7 Å². The van der Waals surface area contributed by atoms with Gasteiger partial charge < -0.3 is 15.1 Å². The normalized spacial score (nSPS) is 21.8. The van der Waals surface area contributed by atoms with Crippen molar-refractivity contribution in [1.82, 2.24) is 34.6 Å². The number of imide groups is 2. The molecule has 2 atom stereocenters. The number of hydrogen-bond acceptors (Lipinski definition) is 13. The highest BCUT2D eigenvalue weighted by Crippen LogP contribution is 2.37. The summed E-state index contributed by atoms with van der Waals surface area (Å²) in [4.78, 5) is 98.7. The monoisotopic (exact) mass is 772 g/mol. The third-order valence-electron chi connectivity index (χ3n) is 12.2. The van der Waals surface area contributed by atoms with E-state index in [0.717, 1.165) is 94.2 Å². The van der Waals surface area contributed by atoms with Crippen LogP contribution in [0.3, 0.4) is 0 Å². The van der Waals surface area contributed by atoms with Crippen LogP contribution in [0.2, 0.25) is 0 Å². The first-order chi connectivity index (χ1) is 27.6. The Morgan fingerprint density at radius 2 is 1.68 bits per heavy atom. The number of nitrogens with zero attached hydrogens (tertiary/aromatic N) is 8. The molecule has 1 aliphatic carbocycles. The standard InChI is InChI=1S/C41H44N10O6/c1-24(52)30-19-26-20-43-41(46-36(26)50(39(30)56)27-5-2-3-6-27)44-33-11-9-28(21-42-33)48-17-15-47(16-18-48)22-25-13-14-49(23-25)31-8-4-7-29-35(31)40(57)51(38(29)55)32-10-12-34(53)45-37(32)54/h4,7-9,11,19-21,25,27,32H,2-3,5-6,10,12-18,22-23H2,1H3,(H,45,53,54)(H,42,43,44,46)/t25-,32?/m0/s1. The Bertz CT molecular complexity index is 2370. The zero-order chi connectivity index (χ0) is 39.4. The number of carbonyl (C=O) groups is 5. The van der Waals surface area contributed by atoms with Crippen molar-refractivity contribution >= 4 is 63.6 Å². The van der Waals surface area contributed by atoms with Gasteiger partial charge in [0.25, 0.3) is 17.4 Å². The lowest BCUT2D eigenvalue weighted by Crippen LogP contribution is -2.54. The first kappa shape index (κ1) is 36.6. The van der Waals surface area contributed by atoms with Gasteiger partial charge in [-0.2, -0.15) is 4.98 Å². The zero-order valence-electron chi connectivity index (χ0n) is 31.8. The fourth-order valence-electron chi connectivity index (χ4n) is 9.21. The minimum absolute atomic E-state index is 0.00423. The van der Waals surface area contributed by atoms with Gasteiger partial charge in [0.1, 0.15) is 17.5 Å². The molecule has 3 saturated heterocycles. The molecule has 1 saturated carbocycles. The van der Waals surface area contributed by atoms with Gasteiger partial charge in [-0.05, 0) is 68.9 Å². The second-order valence-electron chi connectivity index (χ2n) is 15.8. The summed E-state index contributed by atoms with van der Waals surface area (Å²) >= 11 is 0. The van der Waals surface area contributed by atoms with E-state index in [-0.39, 0.29) is 35.8 Å². The fourth-order valence-corrected chi connectivity index (χ4v) is 9.21. The number of pyridine rings is 2. The number of fused-ring (bicyclic) bond motifs is 2. The first-order valence-electron chi connectivity index (χ1n) is 19.9. The van der Waals surface area contributed by atoms with Gasteiger partial charge in [0.2, 0.25) is 17.8 Å². The minimum atomic E-state index is -0.989. The van der Waals surface area contributed by atoms with Crippen LogP contribution in [-0.4, -0.2) is 111 Å². The van der Waals surface area contributed by atoms with Crippen molar-refractivity contribution in [2.24, 2.45) is 5.92 Å². The highest BCUT2D eigenvalue weighted by atomic mass is 16.2. The second-order valence-corrected chi connectivity index (χ2v) is 15.8. The third-order valence-corrected chi connectivity index (χ3v) is 12.2. The summed E-state index contributed by atoms with van der Waals surface area (Å²) in [6.07, 6.45) is 8.47. The number of piperazine rings is 1. The molecule has 3 aromatic heterocycles. The molecule has 4 aromatic rings. The van der Waals surface area contributed by atoms with Crippen LogP contribution in [0, 0.1) is 5.92 Å². The van der Waals surface area contributed by atoms with Gasteiger partial charge in [-0.3, -0.25) is 48.5 Å². The molecule has 2 N–H and O–H groups in total. The van der Waals surface area contributed by atoms with E-state index in [1.165, 1.54) is 6.92 Å². The molecule has 0 bridgehead atoms. The van der Waals surface area contributed by atoms with E-state index in [4.69, 9.17) is 4.98 Å². The minimum Gasteiger partial charge on any atom is -0.371 e. The van der Waals surface area contributed by atoms with E-state index in [0.29, 0.717) is 39.8 Å². The molecule has 4 aliphatic heterocycles. The van der Waals surface area contributed by atoms with Crippen LogP contribution in [0.15, 0.2) is 53.6 Å². The number of ketones is 1. The molecule has 7 heterocycles. The Labute approximate surface area is 328 Å². The van der Waals surface area contributed by atoms with Crippen LogP contribution in [-0.2, 0) is 9.59 Å². The largest absolute Gasteiger partial charge is 0.371 e. The summed E-state index contributed by atoms with van der Waals surface area (Å²) in [6.45, 7) is 7.33. The summed E-state index contributed by atoms with van der Waals surface area (Å²) < 4.78 is 1.69. The van der Waals surface area contributed by atoms with E-state index in [2.05, 4.69) is 35.3 Å². The summed E-state index contributed by atoms with van der Waals surface area (Å²) in [5.74, 6) is -0.939. The van der Waals surface area contributed by atoms with Gasteiger partial charge in [0.05, 0.1) is 34.3 Å². The molecular formula is C41H44N10O6. The molecule has 5 aliphatic rings. The SMILES string of the molecule is CC(=O)c1cc2cnc(Nc3ccc(N4CCN(C[C@@H]5CCN(c6cccc7c6C(=O)N(C6CCC(=O)NC6=O)C7=O)C5)CC4)cn3)nc2n(C2CCCC2)c1=O. The average Bonchev–Trinajstić information content (AvgIpc) is 3.96. The third kappa shape index (κ3) is 6.81. The molecule has 294 valence electrons. The Kier molecular flexibility index (Phi) is 9.51. The molecule has 4 amide bonds. The molecule has 4 fully saturated rings. The summed E-state index contributed by atoms with van der Waals surface area (Å²) in [6, 6.07) is 9.84. The Morgan fingerprint density at radius 1 is 0.877 bits per heavy atom. The van der Waals surface area contributed by atoms with Crippen molar-refractivity contribution in [3.63, 3.8) is 0 Å². The average molecular weight is 773 g/mol. The Morgan fingerprint density at radius 3 is 2.42 bits per heavy atom. The van der Waals surface area contributed by atoms with Gasteiger partial charge in [0, 0.05) is 69.9 Å². The van der Waals surface area contributed by atoms with Crippen molar-refractivity contribution in [1.29, 1.82) is 0 Å². The number of carbonyl (C=O) groups excluding carboxylic acids is 5. The van der Waals surface area contributed by atoms with Gasteiger partial charge in [0.15, 0.2) is 5.78 Å². The number of benzene rings is 1. The summed E-state index contributed by atoms with van der Waals surface area (Å²) in [5, 5.41) is 6.10. The molecule has 9 rings (SSSR count). The molecular weight excluding hydrogens is 729 g/mol. The van der Waals surface area contributed by atoms with Crippen LogP contribution >= 0.6 is 0 Å². The van der Waals surface area contributed by atoms with Crippen LogP contribution in [0.1, 0.15) is 89.0 Å². The van der Waals surface area contributed by atoms with Crippen molar-refractivity contribution < 1.29 is 24.0 Å². The molecule has 1 unspecified atom stereocenters. The molecule has 0 radical (unpaired) electrons. The number of rotatable bonds is 9. The summed E-state index contributed by atoms with van der Waals surface area (Å²) in [5.41, 5.74) is 2.76. The molecule has 16 heteroatoms. The topological polar surface area (TPSA) is 183 Å². The lowest BCUT2D eigenvalue weighted by Gasteiger charge is -2.37. The number of hydrogen-bond donors (Lipinski definition) is 2. The molecule has 57 heavy (non-hydrogen) atoms. The van der Waals surface area contributed by atoms with Crippen LogP contribution in [0.5, 0.6) is 0 Å². The molecule has 0 spiro atoms. The maximum atomic E-state index is 13.7. The lowest BCUT2D eigenvalue weighted by molar-refractivity contribution is -0.136. The van der Waals surface area contributed by atoms with Crippen LogP contribution in [0.25, 0.3) is 11.0 Å². The quantitative estimate of drug-likeness (QED) is 0.187. The molecule has 1 aromatic carbocycles. The number of piperidine rings is 1. The molecule has 16 nitrogen and oxygen atoms in total. The van der Waals surface area contributed by atoms with E-state index in [1.54, 1.807) is 29.0 Å². The van der Waals surface area contributed by atoms with E-state index >= 15 is 0 Å². The lowest BCUT2D eigenvalue weighted by atomic mass is 10.0. The predicted molar refractivity (Wildman–Crippen MR) is 211 cm³/mol. The number of nitrogens with one attached hydrogen (secondary N) is 2. The number of aromatic nitrogens is 4. The van der Waals surface area contributed by atoms with Crippen LogP contribution < -0.4 is 26.0 Å². The number of amides is 4. The van der Waals surface area contributed by atoms with Gasteiger partial charge >= 0.3 is 0 Å². The summed E-state index contributed by atoms with van der Waals surface area (Å²) in [7, 11) is 0. The predicted octanol–water partition coefficient (Wildman–Crippen LogP) is 3.30. The number of Topliss-reactive ketones (excluding diaryl/α,β-unsaturated/α-hetero) is 1. The number of anilines is 4. The van der Waals surface area contributed by atoms with Crippen molar-refractivity contribution in [2.45, 2.75) is 64.0 Å². The van der Waals surface area contributed by atoms with Crippen LogP contribution in [0.4, 0.5) is 23.1 Å². The maximum absolute atomic E-state index is 13.7. The zero-order valence-corrected chi connectivity index (χ0v) is 31.8. The fraction of sp³-hybridized carbons (Fsp3) is 0.439. The van der Waals surface area contributed by atoms with Gasteiger partial charge in [-0.1, -0.05) is 18.9 Å². The van der Waals surface area contributed by atoms with Crippen molar-refractivity contribution in [3.05, 3.63) is 75.8 Å². The van der Waals surface area contributed by atoms with Gasteiger partial charge in [-0.25, -0.2) is 9.97 Å². The highest BCUT2D eigenvalue weighted by Gasteiger charge is 2.46. The van der Waals surface area contributed by atoms with Gasteiger partial charge in [-0.15, -0.1) is 0 Å². The van der Waals surface area contributed by atoms with Crippen molar-refractivity contribution in [3.8, 4) is 0 Å². The maximum Gasteiger partial charge on any atom is 0.264 e. The smallest absolute Gasteiger partial charge is 0.264 e. The van der Waals surface area contributed by atoms with Crippen molar-refractivity contribution in [2.75, 3.05) is 60.9 Å². The second kappa shape index (κ2) is 14.8. The highest BCUT2D eigenvalue weighted by molar-refractivity contribution is 6.25. The Balaban J connectivity index is 0.803. The van der Waals surface area contributed by atoms with E-state index in [9.17, 15) is 28.8 Å². The van der Waals surface area contributed by atoms with E-state index in [1.807, 2.05) is 24.4 Å².